The SMILES string of the molecule is CCOC(=O)N1CCN(C(=O)c2cc(C(C)C)on2)CC1. The quantitative estimate of drug-likeness (QED) is 0.848. The Hall–Kier alpha value is -2.05. The van der Waals surface area contributed by atoms with E-state index in [1.54, 1.807) is 22.8 Å². The predicted molar refractivity (Wildman–Crippen MR) is 75.1 cm³/mol. The van der Waals surface area contributed by atoms with Gasteiger partial charge in [-0.3, -0.25) is 4.79 Å². The van der Waals surface area contributed by atoms with Gasteiger partial charge in [-0.05, 0) is 6.92 Å². The van der Waals surface area contributed by atoms with Gasteiger partial charge < -0.3 is 19.1 Å². The maximum Gasteiger partial charge on any atom is 0.409 e. The van der Waals surface area contributed by atoms with E-state index >= 15 is 0 Å². The number of piperazine rings is 1. The van der Waals surface area contributed by atoms with Crippen molar-refractivity contribution in [3.8, 4) is 0 Å². The molecular formula is C14H21N3O4. The molecule has 7 nitrogen and oxygen atoms in total. The van der Waals surface area contributed by atoms with E-state index in [9.17, 15) is 9.59 Å². The fourth-order valence-corrected chi connectivity index (χ4v) is 2.13. The molecule has 2 rings (SSSR count). The van der Waals surface area contributed by atoms with Gasteiger partial charge in [0.15, 0.2) is 5.69 Å². The first kappa shape index (κ1) is 15.3. The van der Waals surface area contributed by atoms with E-state index in [1.807, 2.05) is 13.8 Å². The summed E-state index contributed by atoms with van der Waals surface area (Å²) < 4.78 is 10.1. The summed E-state index contributed by atoms with van der Waals surface area (Å²) in [5, 5.41) is 3.82. The van der Waals surface area contributed by atoms with Gasteiger partial charge in [-0.2, -0.15) is 0 Å². The first-order chi connectivity index (χ1) is 10.0. The van der Waals surface area contributed by atoms with Gasteiger partial charge in [-0.25, -0.2) is 4.79 Å². The Morgan fingerprint density at radius 1 is 1.29 bits per heavy atom. The van der Waals surface area contributed by atoms with Crippen molar-refractivity contribution < 1.29 is 18.8 Å². The summed E-state index contributed by atoms with van der Waals surface area (Å²) in [7, 11) is 0. The summed E-state index contributed by atoms with van der Waals surface area (Å²) in [5.41, 5.74) is 0.322. The summed E-state index contributed by atoms with van der Waals surface area (Å²) in [6.07, 6.45) is -0.326. The molecule has 1 aromatic rings. The van der Waals surface area contributed by atoms with Crippen molar-refractivity contribution in [2.75, 3.05) is 32.8 Å². The molecule has 2 heterocycles. The van der Waals surface area contributed by atoms with Crippen LogP contribution in [0.15, 0.2) is 10.6 Å². The summed E-state index contributed by atoms with van der Waals surface area (Å²) >= 11 is 0. The lowest BCUT2D eigenvalue weighted by Gasteiger charge is -2.33. The van der Waals surface area contributed by atoms with Crippen LogP contribution < -0.4 is 0 Å². The van der Waals surface area contributed by atoms with Crippen molar-refractivity contribution >= 4 is 12.0 Å². The van der Waals surface area contributed by atoms with Gasteiger partial charge >= 0.3 is 6.09 Å². The zero-order chi connectivity index (χ0) is 15.4. The summed E-state index contributed by atoms with van der Waals surface area (Å²) in [5.74, 6) is 0.734. The van der Waals surface area contributed by atoms with Crippen LogP contribution in [0.3, 0.4) is 0 Å². The van der Waals surface area contributed by atoms with E-state index in [1.165, 1.54) is 0 Å². The Bertz CT molecular complexity index is 504. The highest BCUT2D eigenvalue weighted by Crippen LogP contribution is 2.17. The van der Waals surface area contributed by atoms with Crippen LogP contribution in [0.4, 0.5) is 4.79 Å². The largest absolute Gasteiger partial charge is 0.450 e. The van der Waals surface area contributed by atoms with Crippen molar-refractivity contribution in [1.29, 1.82) is 0 Å². The standard InChI is InChI=1S/C14H21N3O4/c1-4-20-14(19)17-7-5-16(6-8-17)13(18)11-9-12(10(2)3)21-15-11/h9-10H,4-8H2,1-3H3. The molecule has 0 unspecified atom stereocenters. The van der Waals surface area contributed by atoms with Gasteiger partial charge in [0.05, 0.1) is 6.61 Å². The van der Waals surface area contributed by atoms with E-state index < -0.39 is 0 Å². The van der Waals surface area contributed by atoms with E-state index in [4.69, 9.17) is 9.26 Å². The minimum atomic E-state index is -0.326. The van der Waals surface area contributed by atoms with Gasteiger partial charge in [0.25, 0.3) is 5.91 Å². The molecule has 21 heavy (non-hydrogen) atoms. The Labute approximate surface area is 123 Å². The Balaban J connectivity index is 1.92. The topological polar surface area (TPSA) is 75.9 Å². The highest BCUT2D eigenvalue weighted by atomic mass is 16.6. The lowest BCUT2D eigenvalue weighted by molar-refractivity contribution is 0.0562. The number of ether oxygens (including phenoxy) is 1. The molecule has 0 bridgehead atoms. The molecule has 0 spiro atoms. The van der Waals surface area contributed by atoms with Crippen LogP contribution in [0.25, 0.3) is 0 Å². The van der Waals surface area contributed by atoms with E-state index in [2.05, 4.69) is 5.16 Å². The predicted octanol–water partition coefficient (Wildman–Crippen LogP) is 1.71. The third-order valence-electron chi connectivity index (χ3n) is 3.41. The van der Waals surface area contributed by atoms with Crippen LogP contribution in [0.5, 0.6) is 0 Å². The fourth-order valence-electron chi connectivity index (χ4n) is 2.13. The average molecular weight is 295 g/mol. The Morgan fingerprint density at radius 2 is 1.90 bits per heavy atom. The normalized spacial score (nSPS) is 15.4. The van der Waals surface area contributed by atoms with Crippen molar-refractivity contribution in [3.05, 3.63) is 17.5 Å². The second-order valence-electron chi connectivity index (χ2n) is 5.25. The van der Waals surface area contributed by atoms with E-state index in [-0.39, 0.29) is 17.9 Å². The van der Waals surface area contributed by atoms with Crippen LogP contribution in [0.2, 0.25) is 0 Å². The molecular weight excluding hydrogens is 274 g/mol. The van der Waals surface area contributed by atoms with E-state index in [0.717, 1.165) is 0 Å². The average Bonchev–Trinajstić information content (AvgIpc) is 2.97. The van der Waals surface area contributed by atoms with Crippen LogP contribution in [0, 0.1) is 0 Å². The molecule has 1 aliphatic rings. The monoisotopic (exact) mass is 295 g/mol. The van der Waals surface area contributed by atoms with Crippen LogP contribution in [-0.2, 0) is 4.74 Å². The van der Waals surface area contributed by atoms with Crippen molar-refractivity contribution in [2.45, 2.75) is 26.7 Å². The number of amides is 2. The highest BCUT2D eigenvalue weighted by Gasteiger charge is 2.27. The molecule has 0 aromatic carbocycles. The van der Waals surface area contributed by atoms with Gasteiger partial charge in [-0.15, -0.1) is 0 Å². The summed E-state index contributed by atoms with van der Waals surface area (Å²) in [4.78, 5) is 27.2. The number of hydrogen-bond acceptors (Lipinski definition) is 5. The van der Waals surface area contributed by atoms with Crippen molar-refractivity contribution in [3.63, 3.8) is 0 Å². The van der Waals surface area contributed by atoms with Crippen LogP contribution in [-0.4, -0.2) is 59.7 Å². The number of hydrogen-bond donors (Lipinski definition) is 0. The lowest BCUT2D eigenvalue weighted by atomic mass is 10.1. The molecule has 2 amide bonds. The second kappa shape index (κ2) is 6.60. The number of rotatable bonds is 3. The number of carbonyl (C=O) groups excluding carboxylic acids is 2. The molecule has 0 N–H and O–H groups in total. The molecule has 116 valence electrons. The zero-order valence-corrected chi connectivity index (χ0v) is 12.7. The van der Waals surface area contributed by atoms with Crippen LogP contribution in [0.1, 0.15) is 42.9 Å². The van der Waals surface area contributed by atoms with Crippen molar-refractivity contribution in [2.24, 2.45) is 0 Å². The molecule has 0 atom stereocenters. The third kappa shape index (κ3) is 3.53. The third-order valence-corrected chi connectivity index (χ3v) is 3.41. The molecule has 7 heteroatoms. The Kier molecular flexibility index (Phi) is 4.82. The molecule has 0 radical (unpaired) electrons. The maximum absolute atomic E-state index is 12.3. The highest BCUT2D eigenvalue weighted by molar-refractivity contribution is 5.92. The summed E-state index contributed by atoms with van der Waals surface area (Å²) in [6, 6.07) is 1.69. The van der Waals surface area contributed by atoms with Gasteiger partial charge in [-0.1, -0.05) is 19.0 Å². The molecule has 1 aromatic heterocycles. The molecule has 0 saturated carbocycles. The van der Waals surface area contributed by atoms with Gasteiger partial charge in [0, 0.05) is 38.2 Å². The van der Waals surface area contributed by atoms with E-state index in [0.29, 0.717) is 44.2 Å². The number of aromatic nitrogens is 1. The first-order valence-corrected chi connectivity index (χ1v) is 7.20. The maximum atomic E-state index is 12.3. The molecule has 1 aliphatic heterocycles. The van der Waals surface area contributed by atoms with Gasteiger partial charge in [0.2, 0.25) is 0 Å². The zero-order valence-electron chi connectivity index (χ0n) is 12.7. The minimum absolute atomic E-state index is 0.158. The smallest absolute Gasteiger partial charge is 0.409 e. The number of carbonyl (C=O) groups is 2. The van der Waals surface area contributed by atoms with Crippen molar-refractivity contribution in [1.82, 2.24) is 15.0 Å². The summed E-state index contributed by atoms with van der Waals surface area (Å²) in [6.45, 7) is 7.98. The minimum Gasteiger partial charge on any atom is -0.450 e. The lowest BCUT2D eigenvalue weighted by Crippen LogP contribution is -2.50. The van der Waals surface area contributed by atoms with Gasteiger partial charge in [0.1, 0.15) is 5.76 Å². The second-order valence-corrected chi connectivity index (χ2v) is 5.25. The number of nitrogens with zero attached hydrogens (tertiary/aromatic N) is 3. The molecule has 1 fully saturated rings. The first-order valence-electron chi connectivity index (χ1n) is 7.20. The Morgan fingerprint density at radius 3 is 2.43 bits per heavy atom. The fraction of sp³-hybridized carbons (Fsp3) is 0.643. The van der Waals surface area contributed by atoms with Crippen LogP contribution >= 0.6 is 0 Å². The molecule has 0 aliphatic carbocycles. The molecule has 1 saturated heterocycles.